The van der Waals surface area contributed by atoms with E-state index >= 15 is 0 Å². The van der Waals surface area contributed by atoms with Crippen molar-refractivity contribution in [1.29, 1.82) is 0 Å². The van der Waals surface area contributed by atoms with Crippen LogP contribution in [0.25, 0.3) is 0 Å². The first-order valence-corrected chi connectivity index (χ1v) is 6.49. The molecule has 1 heterocycles. The van der Waals surface area contributed by atoms with Gasteiger partial charge in [0, 0.05) is 19.1 Å². The SMILES string of the molecule is CCN(CC(C)C)c1nnc(CNC2CC2)o1. The van der Waals surface area contributed by atoms with Gasteiger partial charge in [0.1, 0.15) is 0 Å². The zero-order valence-corrected chi connectivity index (χ0v) is 10.9. The Bertz CT molecular complexity index is 346. The molecule has 17 heavy (non-hydrogen) atoms. The summed E-state index contributed by atoms with van der Waals surface area (Å²) < 4.78 is 5.66. The van der Waals surface area contributed by atoms with Gasteiger partial charge in [0.2, 0.25) is 5.89 Å². The molecule has 0 aliphatic heterocycles. The zero-order valence-electron chi connectivity index (χ0n) is 10.9. The molecule has 0 unspecified atom stereocenters. The van der Waals surface area contributed by atoms with Crippen LogP contribution in [0, 0.1) is 5.92 Å². The fourth-order valence-electron chi connectivity index (χ4n) is 1.75. The van der Waals surface area contributed by atoms with Gasteiger partial charge in [-0.15, -0.1) is 5.10 Å². The maximum absolute atomic E-state index is 5.66. The predicted molar refractivity (Wildman–Crippen MR) is 66.9 cm³/mol. The first-order valence-electron chi connectivity index (χ1n) is 6.49. The molecule has 1 aliphatic carbocycles. The van der Waals surface area contributed by atoms with Gasteiger partial charge < -0.3 is 14.6 Å². The van der Waals surface area contributed by atoms with E-state index in [9.17, 15) is 0 Å². The fourth-order valence-corrected chi connectivity index (χ4v) is 1.75. The van der Waals surface area contributed by atoms with Gasteiger partial charge in [-0.3, -0.25) is 0 Å². The lowest BCUT2D eigenvalue weighted by molar-refractivity contribution is 0.453. The molecule has 1 aliphatic rings. The highest BCUT2D eigenvalue weighted by Gasteiger charge is 2.21. The van der Waals surface area contributed by atoms with Gasteiger partial charge in [-0.05, 0) is 25.7 Å². The number of rotatable bonds is 7. The summed E-state index contributed by atoms with van der Waals surface area (Å²) in [4.78, 5) is 2.12. The first kappa shape index (κ1) is 12.4. The normalized spacial score (nSPS) is 15.5. The highest BCUT2D eigenvalue weighted by molar-refractivity contribution is 5.23. The summed E-state index contributed by atoms with van der Waals surface area (Å²) in [7, 11) is 0. The van der Waals surface area contributed by atoms with E-state index in [1.165, 1.54) is 12.8 Å². The van der Waals surface area contributed by atoms with Crippen LogP contribution < -0.4 is 10.2 Å². The molecule has 5 nitrogen and oxygen atoms in total. The van der Waals surface area contributed by atoms with Crippen molar-refractivity contribution in [3.63, 3.8) is 0 Å². The van der Waals surface area contributed by atoms with Crippen molar-refractivity contribution in [2.24, 2.45) is 5.92 Å². The summed E-state index contributed by atoms with van der Waals surface area (Å²) in [6.07, 6.45) is 2.55. The molecular weight excluding hydrogens is 216 g/mol. The summed E-state index contributed by atoms with van der Waals surface area (Å²) in [5, 5.41) is 11.5. The van der Waals surface area contributed by atoms with Crippen molar-refractivity contribution in [1.82, 2.24) is 15.5 Å². The van der Waals surface area contributed by atoms with E-state index in [1.54, 1.807) is 0 Å². The Labute approximate surface area is 103 Å². The molecule has 1 aromatic heterocycles. The van der Waals surface area contributed by atoms with Gasteiger partial charge >= 0.3 is 6.01 Å². The lowest BCUT2D eigenvalue weighted by atomic mass is 10.2. The minimum Gasteiger partial charge on any atom is -0.407 e. The summed E-state index contributed by atoms with van der Waals surface area (Å²) in [6, 6.07) is 1.32. The van der Waals surface area contributed by atoms with Crippen LogP contribution in [-0.2, 0) is 6.54 Å². The number of hydrogen-bond donors (Lipinski definition) is 1. The van der Waals surface area contributed by atoms with Gasteiger partial charge in [0.05, 0.1) is 6.54 Å². The number of nitrogens with zero attached hydrogens (tertiary/aromatic N) is 3. The molecule has 1 N–H and O–H groups in total. The van der Waals surface area contributed by atoms with E-state index < -0.39 is 0 Å². The van der Waals surface area contributed by atoms with E-state index in [0.717, 1.165) is 13.1 Å². The minimum atomic E-state index is 0.592. The number of aromatic nitrogens is 2. The maximum Gasteiger partial charge on any atom is 0.318 e. The van der Waals surface area contributed by atoms with Gasteiger partial charge in [0.25, 0.3) is 0 Å². The lowest BCUT2D eigenvalue weighted by Crippen LogP contribution is -2.27. The Hall–Kier alpha value is -1.10. The number of hydrogen-bond acceptors (Lipinski definition) is 5. The topological polar surface area (TPSA) is 54.2 Å². The molecule has 0 spiro atoms. The molecule has 1 saturated carbocycles. The Morgan fingerprint density at radius 1 is 1.41 bits per heavy atom. The molecule has 0 atom stereocenters. The third-order valence-corrected chi connectivity index (χ3v) is 2.81. The second-order valence-electron chi connectivity index (χ2n) is 5.07. The smallest absolute Gasteiger partial charge is 0.318 e. The highest BCUT2D eigenvalue weighted by Crippen LogP contribution is 2.20. The Balaban J connectivity index is 1.89. The van der Waals surface area contributed by atoms with Crippen LogP contribution >= 0.6 is 0 Å². The van der Waals surface area contributed by atoms with E-state index in [2.05, 4.69) is 41.2 Å². The quantitative estimate of drug-likeness (QED) is 0.785. The Kier molecular flexibility index (Phi) is 3.99. The second kappa shape index (κ2) is 5.49. The van der Waals surface area contributed by atoms with Crippen molar-refractivity contribution >= 4 is 6.01 Å². The average Bonchev–Trinajstić information content (AvgIpc) is 3.01. The molecule has 0 radical (unpaired) electrons. The molecule has 1 fully saturated rings. The van der Waals surface area contributed by atoms with E-state index in [1.807, 2.05) is 0 Å². The van der Waals surface area contributed by atoms with Crippen LogP contribution in [0.5, 0.6) is 0 Å². The highest BCUT2D eigenvalue weighted by atomic mass is 16.4. The van der Waals surface area contributed by atoms with Crippen LogP contribution in [0.2, 0.25) is 0 Å². The first-order chi connectivity index (χ1) is 8.19. The summed E-state index contributed by atoms with van der Waals surface area (Å²) in [5.74, 6) is 1.28. The summed E-state index contributed by atoms with van der Waals surface area (Å²) in [5.41, 5.74) is 0. The Morgan fingerprint density at radius 2 is 2.18 bits per heavy atom. The van der Waals surface area contributed by atoms with E-state index in [0.29, 0.717) is 30.4 Å². The molecule has 96 valence electrons. The molecule has 0 saturated heterocycles. The van der Waals surface area contributed by atoms with Crippen LogP contribution in [0.4, 0.5) is 6.01 Å². The second-order valence-corrected chi connectivity index (χ2v) is 5.07. The van der Waals surface area contributed by atoms with Crippen molar-refractivity contribution < 1.29 is 4.42 Å². The van der Waals surface area contributed by atoms with Gasteiger partial charge in [-0.1, -0.05) is 18.9 Å². The Morgan fingerprint density at radius 3 is 2.76 bits per heavy atom. The lowest BCUT2D eigenvalue weighted by Gasteiger charge is -2.19. The summed E-state index contributed by atoms with van der Waals surface area (Å²) in [6.45, 7) is 9.03. The largest absolute Gasteiger partial charge is 0.407 e. The van der Waals surface area contributed by atoms with E-state index in [4.69, 9.17) is 4.42 Å². The monoisotopic (exact) mass is 238 g/mol. The molecule has 5 heteroatoms. The van der Waals surface area contributed by atoms with Crippen LogP contribution in [0.3, 0.4) is 0 Å². The van der Waals surface area contributed by atoms with Crippen molar-refractivity contribution in [2.45, 2.75) is 46.2 Å². The minimum absolute atomic E-state index is 0.592. The molecule has 2 rings (SSSR count). The van der Waals surface area contributed by atoms with Gasteiger partial charge in [-0.25, -0.2) is 0 Å². The average molecular weight is 238 g/mol. The third kappa shape index (κ3) is 3.70. The summed E-state index contributed by atoms with van der Waals surface area (Å²) >= 11 is 0. The molecule has 1 aromatic rings. The van der Waals surface area contributed by atoms with Crippen LogP contribution in [0.15, 0.2) is 4.42 Å². The fraction of sp³-hybridized carbons (Fsp3) is 0.833. The third-order valence-electron chi connectivity index (χ3n) is 2.81. The number of anilines is 1. The van der Waals surface area contributed by atoms with Gasteiger partial charge in [-0.2, -0.15) is 0 Å². The van der Waals surface area contributed by atoms with Crippen LogP contribution in [0.1, 0.15) is 39.5 Å². The molecule has 0 bridgehead atoms. The predicted octanol–water partition coefficient (Wildman–Crippen LogP) is 1.80. The standard InChI is InChI=1S/C12H22N4O/c1-4-16(8-9(2)3)12-15-14-11(17-12)7-13-10-5-6-10/h9-10,13H,4-8H2,1-3H3. The van der Waals surface area contributed by atoms with Gasteiger partial charge in [0.15, 0.2) is 0 Å². The van der Waals surface area contributed by atoms with Crippen molar-refractivity contribution in [3.8, 4) is 0 Å². The molecule has 0 amide bonds. The molecular formula is C12H22N4O. The van der Waals surface area contributed by atoms with E-state index in [-0.39, 0.29) is 0 Å². The van der Waals surface area contributed by atoms with Crippen molar-refractivity contribution in [2.75, 3.05) is 18.0 Å². The van der Waals surface area contributed by atoms with Crippen LogP contribution in [-0.4, -0.2) is 29.3 Å². The zero-order chi connectivity index (χ0) is 12.3. The molecule has 0 aromatic carbocycles. The number of nitrogens with one attached hydrogen (secondary N) is 1. The van der Waals surface area contributed by atoms with Crippen molar-refractivity contribution in [3.05, 3.63) is 5.89 Å². The maximum atomic E-state index is 5.66.